The normalized spacial score (nSPS) is 12.2. The van der Waals surface area contributed by atoms with E-state index in [1.807, 2.05) is 6.92 Å². The van der Waals surface area contributed by atoms with Gasteiger partial charge in [-0.1, -0.05) is 36.5 Å². The topological polar surface area (TPSA) is 72.5 Å². The standard InChI is InChI=1S/C12H15Cl2NO3/c1-2-3-10(12(16)17)18-11-7(6-15)4-8(13)5-9(11)14/h4-5,10H,2-3,6,15H2,1H3,(H,16,17). The van der Waals surface area contributed by atoms with Crippen LogP contribution in [0.5, 0.6) is 5.75 Å². The van der Waals surface area contributed by atoms with E-state index in [9.17, 15) is 4.79 Å². The van der Waals surface area contributed by atoms with E-state index in [0.717, 1.165) is 0 Å². The molecule has 3 N–H and O–H groups in total. The summed E-state index contributed by atoms with van der Waals surface area (Å²) in [7, 11) is 0. The van der Waals surface area contributed by atoms with Gasteiger partial charge in [0.05, 0.1) is 5.02 Å². The van der Waals surface area contributed by atoms with Crippen molar-refractivity contribution in [3.05, 3.63) is 27.7 Å². The van der Waals surface area contributed by atoms with E-state index in [0.29, 0.717) is 29.2 Å². The molecule has 4 nitrogen and oxygen atoms in total. The van der Waals surface area contributed by atoms with Gasteiger partial charge in [0.1, 0.15) is 5.75 Å². The van der Waals surface area contributed by atoms with Gasteiger partial charge in [0, 0.05) is 17.1 Å². The quantitative estimate of drug-likeness (QED) is 0.845. The summed E-state index contributed by atoms with van der Waals surface area (Å²) in [6, 6.07) is 3.12. The zero-order valence-corrected chi connectivity index (χ0v) is 11.5. The van der Waals surface area contributed by atoms with E-state index in [1.165, 1.54) is 6.07 Å². The first-order valence-electron chi connectivity index (χ1n) is 5.57. The molecule has 0 amide bonds. The van der Waals surface area contributed by atoms with E-state index in [-0.39, 0.29) is 11.6 Å². The van der Waals surface area contributed by atoms with Crippen LogP contribution in [-0.4, -0.2) is 17.2 Å². The van der Waals surface area contributed by atoms with Gasteiger partial charge in [-0.15, -0.1) is 0 Å². The van der Waals surface area contributed by atoms with Crippen molar-refractivity contribution in [2.24, 2.45) is 5.73 Å². The largest absolute Gasteiger partial charge is 0.479 e. The smallest absolute Gasteiger partial charge is 0.344 e. The summed E-state index contributed by atoms with van der Waals surface area (Å²) in [5.41, 5.74) is 6.16. The summed E-state index contributed by atoms with van der Waals surface area (Å²) in [4.78, 5) is 11.0. The number of hydrogen-bond acceptors (Lipinski definition) is 3. The van der Waals surface area contributed by atoms with Crippen molar-refractivity contribution in [3.8, 4) is 5.75 Å². The van der Waals surface area contributed by atoms with E-state index >= 15 is 0 Å². The average molecular weight is 292 g/mol. The summed E-state index contributed by atoms with van der Waals surface area (Å²) < 4.78 is 5.45. The zero-order chi connectivity index (χ0) is 13.7. The Kier molecular flexibility index (Phi) is 5.72. The zero-order valence-electron chi connectivity index (χ0n) is 9.95. The van der Waals surface area contributed by atoms with Crippen LogP contribution in [0.2, 0.25) is 10.0 Å². The first-order chi connectivity index (χ1) is 8.49. The van der Waals surface area contributed by atoms with Gasteiger partial charge in [-0.25, -0.2) is 4.79 Å². The van der Waals surface area contributed by atoms with Crippen LogP contribution in [0.3, 0.4) is 0 Å². The van der Waals surface area contributed by atoms with Gasteiger partial charge >= 0.3 is 5.97 Å². The van der Waals surface area contributed by atoms with Crippen molar-refractivity contribution in [1.82, 2.24) is 0 Å². The fraction of sp³-hybridized carbons (Fsp3) is 0.417. The Balaban J connectivity index is 3.04. The molecule has 0 spiro atoms. The molecule has 0 radical (unpaired) electrons. The van der Waals surface area contributed by atoms with Gasteiger partial charge in [0.2, 0.25) is 0 Å². The number of halogens is 2. The van der Waals surface area contributed by atoms with Crippen molar-refractivity contribution in [2.75, 3.05) is 0 Å². The number of ether oxygens (including phenoxy) is 1. The van der Waals surface area contributed by atoms with Crippen molar-refractivity contribution < 1.29 is 14.6 Å². The number of rotatable bonds is 6. The molecular weight excluding hydrogens is 277 g/mol. The average Bonchev–Trinajstić information content (AvgIpc) is 2.30. The third-order valence-electron chi connectivity index (χ3n) is 2.39. The Morgan fingerprint density at radius 1 is 1.50 bits per heavy atom. The van der Waals surface area contributed by atoms with Crippen LogP contribution in [0.4, 0.5) is 0 Å². The summed E-state index contributed by atoms with van der Waals surface area (Å²) in [6.07, 6.45) is 0.164. The second kappa shape index (κ2) is 6.83. The maximum Gasteiger partial charge on any atom is 0.344 e. The van der Waals surface area contributed by atoms with Crippen molar-refractivity contribution >= 4 is 29.2 Å². The second-order valence-corrected chi connectivity index (χ2v) is 4.66. The van der Waals surface area contributed by atoms with Crippen molar-refractivity contribution in [3.63, 3.8) is 0 Å². The highest BCUT2D eigenvalue weighted by Crippen LogP contribution is 2.33. The number of carboxylic acid groups (broad SMARTS) is 1. The molecule has 0 aromatic heterocycles. The minimum absolute atomic E-state index is 0.175. The summed E-state index contributed by atoms with van der Waals surface area (Å²) in [6.45, 7) is 2.06. The Labute approximate surface area is 116 Å². The first-order valence-corrected chi connectivity index (χ1v) is 6.32. The number of carbonyl (C=O) groups is 1. The van der Waals surface area contributed by atoms with Crippen LogP contribution in [0, 0.1) is 0 Å². The van der Waals surface area contributed by atoms with Crippen molar-refractivity contribution in [2.45, 2.75) is 32.4 Å². The van der Waals surface area contributed by atoms with E-state index in [2.05, 4.69) is 0 Å². The Hall–Kier alpha value is -0.970. The van der Waals surface area contributed by atoms with Crippen LogP contribution in [0.1, 0.15) is 25.3 Å². The van der Waals surface area contributed by atoms with E-state index < -0.39 is 12.1 Å². The molecule has 0 aliphatic rings. The molecule has 1 aromatic carbocycles. The number of aliphatic carboxylic acids is 1. The first kappa shape index (κ1) is 15.1. The van der Waals surface area contributed by atoms with Gasteiger partial charge in [-0.05, 0) is 18.6 Å². The van der Waals surface area contributed by atoms with Gasteiger partial charge in [0.15, 0.2) is 6.10 Å². The molecule has 1 atom stereocenters. The van der Waals surface area contributed by atoms with Crippen LogP contribution < -0.4 is 10.5 Å². The highest BCUT2D eigenvalue weighted by atomic mass is 35.5. The number of nitrogens with two attached hydrogens (primary N) is 1. The van der Waals surface area contributed by atoms with E-state index in [4.69, 9.17) is 38.8 Å². The lowest BCUT2D eigenvalue weighted by atomic mass is 10.1. The molecule has 18 heavy (non-hydrogen) atoms. The Morgan fingerprint density at radius 2 is 2.17 bits per heavy atom. The SMILES string of the molecule is CCCC(Oc1c(Cl)cc(Cl)cc1CN)C(=O)O. The lowest BCUT2D eigenvalue weighted by Crippen LogP contribution is -2.27. The van der Waals surface area contributed by atoms with Crippen molar-refractivity contribution in [1.29, 1.82) is 0 Å². The number of benzene rings is 1. The number of carboxylic acids is 1. The van der Waals surface area contributed by atoms with Gasteiger partial charge in [0.25, 0.3) is 0 Å². The van der Waals surface area contributed by atoms with E-state index in [1.54, 1.807) is 6.07 Å². The fourth-order valence-electron chi connectivity index (χ4n) is 1.53. The minimum Gasteiger partial charge on any atom is -0.479 e. The van der Waals surface area contributed by atoms with Crippen LogP contribution in [0.25, 0.3) is 0 Å². The molecule has 1 aromatic rings. The molecular formula is C12H15Cl2NO3. The highest BCUT2D eigenvalue weighted by molar-refractivity contribution is 6.35. The predicted molar refractivity (Wildman–Crippen MR) is 71.3 cm³/mol. The molecule has 0 saturated carbocycles. The molecule has 1 rings (SSSR count). The van der Waals surface area contributed by atoms with Gasteiger partial charge < -0.3 is 15.6 Å². The lowest BCUT2D eigenvalue weighted by Gasteiger charge is -2.18. The van der Waals surface area contributed by atoms with Crippen LogP contribution in [0.15, 0.2) is 12.1 Å². The summed E-state index contributed by atoms with van der Waals surface area (Å²) >= 11 is 11.9. The highest BCUT2D eigenvalue weighted by Gasteiger charge is 2.21. The Morgan fingerprint density at radius 3 is 2.67 bits per heavy atom. The molecule has 0 saturated heterocycles. The molecule has 0 aliphatic heterocycles. The number of hydrogen-bond donors (Lipinski definition) is 2. The predicted octanol–water partition coefficient (Wildman–Crippen LogP) is 3.08. The lowest BCUT2D eigenvalue weighted by molar-refractivity contribution is -0.145. The fourth-order valence-corrected chi connectivity index (χ4v) is 2.11. The van der Waals surface area contributed by atoms with Crippen LogP contribution in [-0.2, 0) is 11.3 Å². The molecule has 6 heteroatoms. The van der Waals surface area contributed by atoms with Crippen LogP contribution >= 0.6 is 23.2 Å². The monoisotopic (exact) mass is 291 g/mol. The molecule has 100 valence electrons. The summed E-state index contributed by atoms with van der Waals surface area (Å²) in [5, 5.41) is 9.76. The minimum atomic E-state index is -1.02. The molecule has 0 heterocycles. The molecule has 0 bridgehead atoms. The maximum atomic E-state index is 11.0. The third kappa shape index (κ3) is 3.77. The molecule has 0 aliphatic carbocycles. The van der Waals surface area contributed by atoms with Gasteiger partial charge in [-0.2, -0.15) is 0 Å². The Bertz CT molecular complexity index is 438. The maximum absolute atomic E-state index is 11.0. The molecule has 1 unspecified atom stereocenters. The molecule has 0 fully saturated rings. The van der Waals surface area contributed by atoms with Gasteiger partial charge in [-0.3, -0.25) is 0 Å². The summed E-state index contributed by atoms with van der Waals surface area (Å²) in [5.74, 6) is -0.727. The second-order valence-electron chi connectivity index (χ2n) is 3.81. The third-order valence-corrected chi connectivity index (χ3v) is 2.89.